The third-order valence-electron chi connectivity index (χ3n) is 2.51. The smallest absolute Gasteiger partial charge is 0.203 e. The fourth-order valence-corrected chi connectivity index (χ4v) is 1.66. The maximum absolute atomic E-state index is 5.93. The van der Waals surface area contributed by atoms with Crippen LogP contribution < -0.4 is 11.5 Å². The number of aromatic nitrogens is 1. The van der Waals surface area contributed by atoms with Crippen LogP contribution in [-0.2, 0) is 6.54 Å². The summed E-state index contributed by atoms with van der Waals surface area (Å²) in [5.41, 5.74) is 13.3. The minimum absolute atomic E-state index is 0.263. The molecule has 2 aromatic rings. The van der Waals surface area contributed by atoms with Crippen molar-refractivity contribution in [2.24, 2.45) is 10.7 Å². The SMILES string of the molecule is Cc1ccc(Cl)cc1CN=C(N)c1cc(N)no1. The van der Waals surface area contributed by atoms with E-state index in [-0.39, 0.29) is 11.7 Å². The molecule has 1 heterocycles. The third-order valence-corrected chi connectivity index (χ3v) is 2.75. The Morgan fingerprint density at radius 3 is 2.89 bits per heavy atom. The molecular formula is C12H13ClN4O. The van der Waals surface area contributed by atoms with Gasteiger partial charge in [0.15, 0.2) is 11.7 Å². The van der Waals surface area contributed by atoms with E-state index in [1.165, 1.54) is 6.07 Å². The monoisotopic (exact) mass is 264 g/mol. The topological polar surface area (TPSA) is 90.4 Å². The summed E-state index contributed by atoms with van der Waals surface area (Å²) < 4.78 is 4.91. The number of hydrogen-bond donors (Lipinski definition) is 2. The highest BCUT2D eigenvalue weighted by atomic mass is 35.5. The van der Waals surface area contributed by atoms with Crippen LogP contribution in [0.4, 0.5) is 5.82 Å². The van der Waals surface area contributed by atoms with Crippen LogP contribution in [-0.4, -0.2) is 11.0 Å². The molecule has 0 spiro atoms. The van der Waals surface area contributed by atoms with Crippen LogP contribution in [0.3, 0.4) is 0 Å². The highest BCUT2D eigenvalue weighted by Gasteiger charge is 2.06. The van der Waals surface area contributed by atoms with Crippen LogP contribution in [0.2, 0.25) is 5.02 Å². The molecule has 6 heteroatoms. The summed E-state index contributed by atoms with van der Waals surface area (Å²) in [4.78, 5) is 4.23. The van der Waals surface area contributed by atoms with Gasteiger partial charge in [0, 0.05) is 11.1 Å². The van der Waals surface area contributed by atoms with Crippen molar-refractivity contribution in [3.63, 3.8) is 0 Å². The van der Waals surface area contributed by atoms with Crippen molar-refractivity contribution in [1.82, 2.24) is 5.16 Å². The molecule has 1 aromatic heterocycles. The molecule has 94 valence electrons. The first kappa shape index (κ1) is 12.4. The van der Waals surface area contributed by atoms with Crippen LogP contribution in [0, 0.1) is 6.92 Å². The quantitative estimate of drug-likeness (QED) is 0.656. The Labute approximate surface area is 109 Å². The van der Waals surface area contributed by atoms with E-state index in [0.717, 1.165) is 11.1 Å². The van der Waals surface area contributed by atoms with Crippen LogP contribution >= 0.6 is 11.6 Å². The summed E-state index contributed by atoms with van der Waals surface area (Å²) in [5, 5.41) is 4.22. The van der Waals surface area contributed by atoms with Gasteiger partial charge in [-0.1, -0.05) is 22.8 Å². The summed E-state index contributed by atoms with van der Waals surface area (Å²) in [7, 11) is 0. The zero-order valence-corrected chi connectivity index (χ0v) is 10.6. The number of benzene rings is 1. The van der Waals surface area contributed by atoms with Gasteiger partial charge >= 0.3 is 0 Å². The maximum Gasteiger partial charge on any atom is 0.203 e. The van der Waals surface area contributed by atoms with E-state index in [4.69, 9.17) is 27.6 Å². The normalized spacial score (nSPS) is 11.8. The molecule has 0 amide bonds. The number of nitrogens with two attached hydrogens (primary N) is 2. The highest BCUT2D eigenvalue weighted by Crippen LogP contribution is 2.16. The van der Waals surface area contributed by atoms with E-state index in [9.17, 15) is 0 Å². The van der Waals surface area contributed by atoms with Crippen LogP contribution in [0.1, 0.15) is 16.9 Å². The van der Waals surface area contributed by atoms with Crippen LogP contribution in [0.5, 0.6) is 0 Å². The average molecular weight is 265 g/mol. The Hall–Kier alpha value is -2.01. The minimum atomic E-state index is 0.263. The zero-order chi connectivity index (χ0) is 13.1. The van der Waals surface area contributed by atoms with Gasteiger partial charge in [0.05, 0.1) is 6.54 Å². The predicted molar refractivity (Wildman–Crippen MR) is 71.5 cm³/mol. The molecule has 18 heavy (non-hydrogen) atoms. The number of aliphatic imine (C=N–C) groups is 1. The molecular weight excluding hydrogens is 252 g/mol. The molecule has 0 saturated heterocycles. The van der Waals surface area contributed by atoms with Gasteiger partial charge in [-0.15, -0.1) is 0 Å². The second-order valence-corrected chi connectivity index (χ2v) is 4.32. The summed E-state index contributed by atoms with van der Waals surface area (Å²) in [6.07, 6.45) is 0. The van der Waals surface area contributed by atoms with Crippen molar-refractivity contribution in [2.75, 3.05) is 5.73 Å². The van der Waals surface area contributed by atoms with E-state index in [1.54, 1.807) is 0 Å². The number of hydrogen-bond acceptors (Lipinski definition) is 4. The Bertz CT molecular complexity index is 592. The van der Waals surface area contributed by atoms with E-state index in [1.807, 2.05) is 25.1 Å². The lowest BCUT2D eigenvalue weighted by Crippen LogP contribution is -2.12. The molecule has 0 bridgehead atoms. The van der Waals surface area contributed by atoms with Crippen molar-refractivity contribution in [3.05, 3.63) is 46.2 Å². The minimum Gasteiger partial charge on any atom is -0.381 e. The maximum atomic E-state index is 5.93. The average Bonchev–Trinajstić information content (AvgIpc) is 2.77. The molecule has 5 nitrogen and oxygen atoms in total. The van der Waals surface area contributed by atoms with Gasteiger partial charge in [0.1, 0.15) is 0 Å². The van der Waals surface area contributed by atoms with Crippen molar-refractivity contribution in [1.29, 1.82) is 0 Å². The summed E-state index contributed by atoms with van der Waals surface area (Å²) in [6.45, 7) is 2.42. The van der Waals surface area contributed by atoms with Crippen molar-refractivity contribution in [2.45, 2.75) is 13.5 Å². The van der Waals surface area contributed by atoms with Gasteiger partial charge in [0.2, 0.25) is 5.76 Å². The van der Waals surface area contributed by atoms with E-state index >= 15 is 0 Å². The van der Waals surface area contributed by atoms with Crippen LogP contribution in [0.15, 0.2) is 33.8 Å². The van der Waals surface area contributed by atoms with Crippen LogP contribution in [0.25, 0.3) is 0 Å². The third kappa shape index (κ3) is 2.81. The first-order valence-corrected chi connectivity index (χ1v) is 5.71. The molecule has 0 fully saturated rings. The molecule has 0 atom stereocenters. The Morgan fingerprint density at radius 1 is 1.44 bits per heavy atom. The van der Waals surface area contributed by atoms with Gasteiger partial charge < -0.3 is 16.0 Å². The van der Waals surface area contributed by atoms with E-state index < -0.39 is 0 Å². The largest absolute Gasteiger partial charge is 0.381 e. The number of halogens is 1. The Balaban J connectivity index is 2.17. The van der Waals surface area contributed by atoms with Gasteiger partial charge in [-0.25, -0.2) is 0 Å². The molecule has 4 N–H and O–H groups in total. The Kier molecular flexibility index (Phi) is 3.53. The van der Waals surface area contributed by atoms with Crippen molar-refractivity contribution >= 4 is 23.3 Å². The first-order chi connectivity index (χ1) is 8.56. The molecule has 0 saturated carbocycles. The standard InChI is InChI=1S/C12H13ClN4O/c1-7-2-3-9(13)4-8(7)6-16-12(15)10-5-11(14)17-18-10/h2-5H,6H2,1H3,(H2,14,17)(H2,15,16). The summed E-state index contributed by atoms with van der Waals surface area (Å²) >= 11 is 5.93. The number of aryl methyl sites for hydroxylation is 1. The molecule has 0 aliphatic heterocycles. The second-order valence-electron chi connectivity index (χ2n) is 3.89. The number of nitrogens with zero attached hydrogens (tertiary/aromatic N) is 2. The molecule has 1 aromatic carbocycles. The molecule has 0 aliphatic carbocycles. The van der Waals surface area contributed by atoms with Gasteiger partial charge in [-0.2, -0.15) is 0 Å². The molecule has 0 unspecified atom stereocenters. The predicted octanol–water partition coefficient (Wildman–Crippen LogP) is 2.12. The van der Waals surface area contributed by atoms with Gasteiger partial charge in [-0.3, -0.25) is 4.99 Å². The lowest BCUT2D eigenvalue weighted by atomic mass is 10.1. The van der Waals surface area contributed by atoms with Gasteiger partial charge in [0.25, 0.3) is 0 Å². The molecule has 0 radical (unpaired) electrons. The fraction of sp³-hybridized carbons (Fsp3) is 0.167. The summed E-state index contributed by atoms with van der Waals surface area (Å²) in [5.74, 6) is 0.910. The van der Waals surface area contributed by atoms with E-state index in [0.29, 0.717) is 17.3 Å². The fourth-order valence-electron chi connectivity index (χ4n) is 1.47. The molecule has 2 rings (SSSR count). The zero-order valence-electron chi connectivity index (χ0n) is 9.85. The summed E-state index contributed by atoms with van der Waals surface area (Å²) in [6, 6.07) is 7.17. The number of rotatable bonds is 3. The van der Waals surface area contributed by atoms with Gasteiger partial charge in [-0.05, 0) is 30.2 Å². The first-order valence-electron chi connectivity index (χ1n) is 5.34. The number of anilines is 1. The lowest BCUT2D eigenvalue weighted by Gasteiger charge is -2.03. The number of amidine groups is 1. The van der Waals surface area contributed by atoms with E-state index in [2.05, 4.69) is 10.1 Å². The van der Waals surface area contributed by atoms with Crippen molar-refractivity contribution < 1.29 is 4.52 Å². The van der Waals surface area contributed by atoms with Crippen molar-refractivity contribution in [3.8, 4) is 0 Å². The Morgan fingerprint density at radius 2 is 2.22 bits per heavy atom. The molecule has 0 aliphatic rings. The number of nitrogen functional groups attached to an aromatic ring is 1. The highest BCUT2D eigenvalue weighted by molar-refractivity contribution is 6.30. The second kappa shape index (κ2) is 5.10. The lowest BCUT2D eigenvalue weighted by molar-refractivity contribution is 0.416.